The molecule has 0 aromatic heterocycles. The summed E-state index contributed by atoms with van der Waals surface area (Å²) in [6.45, 7) is 1.32. The van der Waals surface area contributed by atoms with Crippen LogP contribution in [0.2, 0.25) is 0 Å². The number of hydrogen-bond acceptors (Lipinski definition) is 2. The molecule has 2 aromatic carbocycles. The summed E-state index contributed by atoms with van der Waals surface area (Å²) in [5.41, 5.74) is 2.18. The number of aliphatic hydroxyl groups excluding tert-OH is 1. The first kappa shape index (κ1) is 23.3. The highest BCUT2D eigenvalue weighted by Crippen LogP contribution is 2.20. The molecule has 0 aliphatic carbocycles. The smallest absolute Gasteiger partial charge is 0.251 e. The summed E-state index contributed by atoms with van der Waals surface area (Å²) in [5, 5.41) is 13.0. The molecule has 2 rings (SSSR count). The van der Waals surface area contributed by atoms with Gasteiger partial charge in [-0.3, -0.25) is 4.79 Å². The van der Waals surface area contributed by atoms with E-state index >= 15 is 0 Å². The van der Waals surface area contributed by atoms with Crippen molar-refractivity contribution in [1.82, 2.24) is 5.32 Å². The molecule has 0 spiro atoms. The number of nitrogens with zero attached hydrogens (tertiary/aromatic N) is 1. The van der Waals surface area contributed by atoms with Gasteiger partial charge in [-0.15, -0.1) is 0 Å². The summed E-state index contributed by atoms with van der Waals surface area (Å²) in [4.78, 5) is 11.5. The van der Waals surface area contributed by atoms with Crippen LogP contribution in [-0.4, -0.2) is 49.7 Å². The first-order chi connectivity index (χ1) is 12.3. The molecular formula is C21H28BrFN2O2. The number of quaternary nitrogens is 1. The number of carbonyl (C=O) groups is 1. The van der Waals surface area contributed by atoms with Crippen molar-refractivity contribution >= 4 is 5.91 Å². The Balaban J connectivity index is 0.00000364. The maximum absolute atomic E-state index is 13.8. The monoisotopic (exact) mass is 438 g/mol. The van der Waals surface area contributed by atoms with Gasteiger partial charge in [-0.2, -0.15) is 0 Å². The molecule has 0 radical (unpaired) electrons. The van der Waals surface area contributed by atoms with Gasteiger partial charge in [-0.05, 0) is 30.2 Å². The fraction of sp³-hybridized carbons (Fsp3) is 0.381. The van der Waals surface area contributed by atoms with Crippen molar-refractivity contribution in [3.8, 4) is 0 Å². The van der Waals surface area contributed by atoms with Crippen molar-refractivity contribution in [2.45, 2.75) is 18.9 Å². The van der Waals surface area contributed by atoms with Gasteiger partial charge in [0.1, 0.15) is 18.5 Å². The Morgan fingerprint density at radius 3 is 2.37 bits per heavy atom. The van der Waals surface area contributed by atoms with Gasteiger partial charge in [-0.25, -0.2) is 4.39 Å². The van der Waals surface area contributed by atoms with Crippen molar-refractivity contribution in [2.24, 2.45) is 0 Å². The highest BCUT2D eigenvalue weighted by Gasteiger charge is 2.23. The predicted molar refractivity (Wildman–Crippen MR) is 101 cm³/mol. The SMILES string of the molecule is CNC(=O)c1ccc(CCC[N+](C)(C)CC(O)c2ccccc2F)cc1.[Br-]. The third-order valence-corrected chi connectivity index (χ3v) is 4.60. The van der Waals surface area contributed by atoms with E-state index in [2.05, 4.69) is 5.32 Å². The van der Waals surface area contributed by atoms with Gasteiger partial charge < -0.3 is 31.9 Å². The van der Waals surface area contributed by atoms with Crippen LogP contribution in [0.25, 0.3) is 0 Å². The molecule has 1 amide bonds. The van der Waals surface area contributed by atoms with Gasteiger partial charge in [0.2, 0.25) is 0 Å². The van der Waals surface area contributed by atoms with E-state index in [-0.39, 0.29) is 28.7 Å². The number of benzene rings is 2. The van der Waals surface area contributed by atoms with Gasteiger partial charge in [0.25, 0.3) is 5.91 Å². The maximum atomic E-state index is 13.8. The summed E-state index contributed by atoms with van der Waals surface area (Å²) >= 11 is 0. The lowest BCUT2D eigenvalue weighted by Crippen LogP contribution is -3.00. The fourth-order valence-corrected chi connectivity index (χ4v) is 3.08. The zero-order valence-electron chi connectivity index (χ0n) is 16.1. The Labute approximate surface area is 171 Å². The molecule has 0 saturated carbocycles. The normalized spacial score (nSPS) is 12.2. The van der Waals surface area contributed by atoms with Crippen molar-refractivity contribution in [3.63, 3.8) is 0 Å². The minimum absolute atomic E-state index is 0. The van der Waals surface area contributed by atoms with Gasteiger partial charge >= 0.3 is 0 Å². The molecule has 0 saturated heterocycles. The molecule has 6 heteroatoms. The zero-order valence-corrected chi connectivity index (χ0v) is 17.7. The molecular weight excluding hydrogens is 411 g/mol. The summed E-state index contributed by atoms with van der Waals surface area (Å²) in [6, 6.07) is 14.0. The molecule has 2 aromatic rings. The van der Waals surface area contributed by atoms with Crippen LogP contribution in [-0.2, 0) is 6.42 Å². The second-order valence-corrected chi connectivity index (χ2v) is 7.26. The average Bonchev–Trinajstić information content (AvgIpc) is 2.61. The predicted octanol–water partition coefficient (Wildman–Crippen LogP) is -0.0681. The Kier molecular flexibility index (Phi) is 9.09. The minimum Gasteiger partial charge on any atom is -1.00 e. The standard InChI is InChI=1S/C21H27FN2O2.BrH/c1-23-21(26)17-12-10-16(11-13-17)7-6-14-24(2,3)15-20(25)18-8-4-5-9-19(18)22;/h4-5,8-13,20,25H,6-7,14-15H2,1-3H3;1H. The molecule has 27 heavy (non-hydrogen) atoms. The summed E-state index contributed by atoms with van der Waals surface area (Å²) < 4.78 is 14.4. The Morgan fingerprint density at radius 1 is 1.15 bits per heavy atom. The number of hydrogen-bond donors (Lipinski definition) is 2. The molecule has 0 fully saturated rings. The molecule has 1 atom stereocenters. The summed E-state index contributed by atoms with van der Waals surface area (Å²) in [5.74, 6) is -0.451. The first-order valence-corrected chi connectivity index (χ1v) is 8.88. The quantitative estimate of drug-likeness (QED) is 0.566. The second-order valence-electron chi connectivity index (χ2n) is 7.26. The van der Waals surface area contributed by atoms with Crippen LogP contribution in [0.5, 0.6) is 0 Å². The van der Waals surface area contributed by atoms with Gasteiger partial charge in [0, 0.05) is 24.6 Å². The van der Waals surface area contributed by atoms with Crippen LogP contribution in [0.4, 0.5) is 4.39 Å². The lowest BCUT2D eigenvalue weighted by Gasteiger charge is -2.32. The molecule has 148 valence electrons. The average molecular weight is 439 g/mol. The van der Waals surface area contributed by atoms with Gasteiger partial charge in [0.15, 0.2) is 0 Å². The van der Waals surface area contributed by atoms with Gasteiger partial charge in [-0.1, -0.05) is 30.3 Å². The molecule has 0 aliphatic rings. The number of likely N-dealkylation sites (N-methyl/N-ethyl adjacent to an activating group) is 1. The van der Waals surface area contributed by atoms with Crippen LogP contribution in [0.3, 0.4) is 0 Å². The van der Waals surface area contributed by atoms with Crippen LogP contribution in [0.1, 0.15) is 34.0 Å². The first-order valence-electron chi connectivity index (χ1n) is 8.88. The van der Waals surface area contributed by atoms with E-state index in [1.165, 1.54) is 11.6 Å². The van der Waals surface area contributed by atoms with Crippen LogP contribution < -0.4 is 22.3 Å². The van der Waals surface area contributed by atoms with E-state index in [0.29, 0.717) is 22.2 Å². The summed E-state index contributed by atoms with van der Waals surface area (Å²) in [6.07, 6.45) is 1.01. The van der Waals surface area contributed by atoms with E-state index < -0.39 is 6.10 Å². The third kappa shape index (κ3) is 7.05. The van der Waals surface area contributed by atoms with E-state index in [0.717, 1.165) is 19.4 Å². The van der Waals surface area contributed by atoms with Crippen LogP contribution in [0.15, 0.2) is 48.5 Å². The maximum Gasteiger partial charge on any atom is 0.251 e. The van der Waals surface area contributed by atoms with Crippen molar-refractivity contribution in [2.75, 3.05) is 34.2 Å². The van der Waals surface area contributed by atoms with E-state index in [1.807, 2.05) is 38.4 Å². The van der Waals surface area contributed by atoms with E-state index in [4.69, 9.17) is 0 Å². The second kappa shape index (κ2) is 10.5. The fourth-order valence-electron chi connectivity index (χ4n) is 3.08. The molecule has 4 nitrogen and oxygen atoms in total. The topological polar surface area (TPSA) is 49.3 Å². The highest BCUT2D eigenvalue weighted by molar-refractivity contribution is 5.93. The van der Waals surface area contributed by atoms with Crippen LogP contribution in [0, 0.1) is 5.82 Å². The number of aryl methyl sites for hydroxylation is 1. The Hall–Kier alpha value is -1.76. The van der Waals surface area contributed by atoms with Crippen LogP contribution >= 0.6 is 0 Å². The molecule has 1 unspecified atom stereocenters. The van der Waals surface area contributed by atoms with Gasteiger partial charge in [0.05, 0.1) is 20.6 Å². The third-order valence-electron chi connectivity index (χ3n) is 4.60. The number of aliphatic hydroxyl groups is 1. The molecule has 2 N–H and O–H groups in total. The van der Waals surface area contributed by atoms with E-state index in [1.54, 1.807) is 25.2 Å². The lowest BCUT2D eigenvalue weighted by atomic mass is 10.1. The van der Waals surface area contributed by atoms with Crippen molar-refractivity contribution < 1.29 is 35.8 Å². The Morgan fingerprint density at radius 2 is 1.78 bits per heavy atom. The van der Waals surface area contributed by atoms with Crippen molar-refractivity contribution in [3.05, 3.63) is 71.0 Å². The summed E-state index contributed by atoms with van der Waals surface area (Å²) in [7, 11) is 5.70. The van der Waals surface area contributed by atoms with E-state index in [9.17, 15) is 14.3 Å². The Bertz CT molecular complexity index is 735. The zero-order chi connectivity index (χ0) is 19.2. The molecule has 0 heterocycles. The number of rotatable bonds is 8. The van der Waals surface area contributed by atoms with Crippen molar-refractivity contribution in [1.29, 1.82) is 0 Å². The number of nitrogens with one attached hydrogen (secondary N) is 1. The largest absolute Gasteiger partial charge is 1.00 e. The highest BCUT2D eigenvalue weighted by atomic mass is 79.9. The lowest BCUT2D eigenvalue weighted by molar-refractivity contribution is -0.894. The number of carbonyl (C=O) groups excluding carboxylic acids is 1. The molecule has 0 aliphatic heterocycles. The minimum atomic E-state index is -0.821. The number of halogens is 2. The molecule has 0 bridgehead atoms. The number of amides is 1.